The van der Waals surface area contributed by atoms with Gasteiger partial charge in [-0.25, -0.2) is 0 Å². The first-order valence-electron chi connectivity index (χ1n) is 9.54. The zero-order valence-corrected chi connectivity index (χ0v) is 19.0. The summed E-state index contributed by atoms with van der Waals surface area (Å²) in [4.78, 5) is 30.0. The van der Waals surface area contributed by atoms with Crippen LogP contribution < -0.4 is 9.64 Å². The number of likely N-dealkylation sites (N-methyl/N-ethyl adjacent to an activating group) is 1. The normalized spacial score (nSPS) is 18.7. The van der Waals surface area contributed by atoms with Gasteiger partial charge in [0.05, 0.1) is 23.1 Å². The van der Waals surface area contributed by atoms with Crippen LogP contribution in [-0.4, -0.2) is 57.2 Å². The number of carbonyl (C=O) groups is 2. The van der Waals surface area contributed by atoms with Crippen molar-refractivity contribution in [2.45, 2.75) is 23.2 Å². The second-order valence-electron chi connectivity index (χ2n) is 7.22. The third-order valence-corrected chi connectivity index (χ3v) is 6.43. The molecule has 160 valence electrons. The maximum absolute atomic E-state index is 13.6. The SMILES string of the molecule is COc1ccc([C@@H]2Sc3cccc(Cl)c3N(CCN(C)C)C(=O)[C@@H]2OC(C)=O)cc1. The zero-order valence-electron chi connectivity index (χ0n) is 17.4. The highest BCUT2D eigenvalue weighted by atomic mass is 35.5. The number of hydrogen-bond donors (Lipinski definition) is 0. The van der Waals surface area contributed by atoms with E-state index in [2.05, 4.69) is 0 Å². The van der Waals surface area contributed by atoms with E-state index in [9.17, 15) is 9.59 Å². The Kier molecular flexibility index (Phi) is 7.28. The van der Waals surface area contributed by atoms with E-state index in [1.807, 2.05) is 55.4 Å². The van der Waals surface area contributed by atoms with Crippen LogP contribution in [0.15, 0.2) is 47.4 Å². The summed E-state index contributed by atoms with van der Waals surface area (Å²) in [7, 11) is 5.48. The number of thioether (sulfide) groups is 1. The lowest BCUT2D eigenvalue weighted by atomic mass is 10.1. The van der Waals surface area contributed by atoms with Crippen molar-refractivity contribution in [3.63, 3.8) is 0 Å². The molecule has 0 spiro atoms. The summed E-state index contributed by atoms with van der Waals surface area (Å²) in [5, 5.41) is 0.0675. The number of benzene rings is 2. The average Bonchev–Trinajstić information content (AvgIpc) is 2.82. The lowest BCUT2D eigenvalue weighted by Crippen LogP contribution is -2.45. The van der Waals surface area contributed by atoms with Crippen LogP contribution in [0.3, 0.4) is 0 Å². The number of nitrogens with zero attached hydrogens (tertiary/aromatic N) is 2. The minimum absolute atomic E-state index is 0.285. The van der Waals surface area contributed by atoms with Gasteiger partial charge in [-0.15, -0.1) is 11.8 Å². The number of para-hydroxylation sites is 1. The smallest absolute Gasteiger partial charge is 0.303 e. The molecule has 0 saturated carbocycles. The number of halogens is 1. The molecule has 0 fully saturated rings. The molecule has 2 aromatic rings. The highest BCUT2D eigenvalue weighted by molar-refractivity contribution is 7.99. The van der Waals surface area contributed by atoms with Gasteiger partial charge in [0, 0.05) is 24.9 Å². The molecule has 0 saturated heterocycles. The summed E-state index contributed by atoms with van der Waals surface area (Å²) in [5.74, 6) is -0.0759. The number of rotatable bonds is 6. The van der Waals surface area contributed by atoms with Gasteiger partial charge in [-0.05, 0) is 43.9 Å². The van der Waals surface area contributed by atoms with Crippen LogP contribution in [0.5, 0.6) is 5.75 Å². The van der Waals surface area contributed by atoms with Crippen LogP contribution in [0.25, 0.3) is 0 Å². The topological polar surface area (TPSA) is 59.1 Å². The van der Waals surface area contributed by atoms with Crippen molar-refractivity contribution >= 4 is 40.9 Å². The summed E-state index contributed by atoms with van der Waals surface area (Å²) >= 11 is 8.00. The molecule has 1 amide bonds. The molecule has 0 radical (unpaired) electrons. The van der Waals surface area contributed by atoms with Crippen molar-refractivity contribution < 1.29 is 19.1 Å². The molecule has 30 heavy (non-hydrogen) atoms. The van der Waals surface area contributed by atoms with E-state index in [1.165, 1.54) is 18.7 Å². The number of fused-ring (bicyclic) bond motifs is 1. The largest absolute Gasteiger partial charge is 0.497 e. The first kappa shape index (κ1) is 22.5. The third-order valence-electron chi connectivity index (χ3n) is 4.77. The minimum Gasteiger partial charge on any atom is -0.497 e. The molecule has 0 bridgehead atoms. The van der Waals surface area contributed by atoms with Crippen LogP contribution in [0, 0.1) is 0 Å². The fraction of sp³-hybridized carbons (Fsp3) is 0.364. The number of esters is 1. The quantitative estimate of drug-likeness (QED) is 0.622. The maximum atomic E-state index is 13.6. The van der Waals surface area contributed by atoms with Crippen molar-refractivity contribution in [2.75, 3.05) is 39.2 Å². The molecule has 6 nitrogen and oxygen atoms in total. The van der Waals surface area contributed by atoms with Gasteiger partial charge < -0.3 is 19.3 Å². The van der Waals surface area contributed by atoms with E-state index in [1.54, 1.807) is 18.1 Å². The monoisotopic (exact) mass is 448 g/mol. The fourth-order valence-corrected chi connectivity index (χ4v) is 4.98. The van der Waals surface area contributed by atoms with E-state index in [0.717, 1.165) is 10.5 Å². The molecule has 0 N–H and O–H groups in total. The molecule has 0 aliphatic carbocycles. The second kappa shape index (κ2) is 9.73. The Morgan fingerprint density at radius 2 is 1.90 bits per heavy atom. The molecular weight excluding hydrogens is 424 g/mol. The van der Waals surface area contributed by atoms with Crippen molar-refractivity contribution in [3.05, 3.63) is 53.1 Å². The van der Waals surface area contributed by atoms with Crippen LogP contribution >= 0.6 is 23.4 Å². The average molecular weight is 449 g/mol. The van der Waals surface area contributed by atoms with Gasteiger partial charge in [-0.1, -0.05) is 29.8 Å². The van der Waals surface area contributed by atoms with Gasteiger partial charge in [0.25, 0.3) is 5.91 Å². The highest BCUT2D eigenvalue weighted by Crippen LogP contribution is 2.49. The number of methoxy groups -OCH3 is 1. The first-order valence-corrected chi connectivity index (χ1v) is 10.8. The van der Waals surface area contributed by atoms with Gasteiger partial charge in [-0.2, -0.15) is 0 Å². The molecule has 1 aliphatic heterocycles. The molecule has 2 atom stereocenters. The molecular formula is C22H25ClN2O4S. The van der Waals surface area contributed by atoms with Crippen LogP contribution in [0.4, 0.5) is 5.69 Å². The minimum atomic E-state index is -0.980. The molecule has 2 aromatic carbocycles. The molecule has 8 heteroatoms. The van der Waals surface area contributed by atoms with Gasteiger partial charge in [0.2, 0.25) is 0 Å². The van der Waals surface area contributed by atoms with Gasteiger partial charge in [0.15, 0.2) is 6.10 Å². The predicted octanol–water partition coefficient (Wildman–Crippen LogP) is 4.02. The molecule has 1 heterocycles. The number of carbonyl (C=O) groups excluding carboxylic acids is 2. The Bertz CT molecular complexity index is 920. The lowest BCUT2D eigenvalue weighted by molar-refractivity contribution is -0.152. The summed E-state index contributed by atoms with van der Waals surface area (Å²) in [6, 6.07) is 13.0. The predicted molar refractivity (Wildman–Crippen MR) is 120 cm³/mol. The maximum Gasteiger partial charge on any atom is 0.303 e. The lowest BCUT2D eigenvalue weighted by Gasteiger charge is -2.28. The third kappa shape index (κ3) is 4.91. The van der Waals surface area contributed by atoms with E-state index in [-0.39, 0.29) is 5.91 Å². The van der Waals surface area contributed by atoms with E-state index in [4.69, 9.17) is 21.1 Å². The van der Waals surface area contributed by atoms with E-state index >= 15 is 0 Å². The standard InChI is InChI=1S/C22H25ClN2O4S/c1-14(26)29-20-21(15-8-10-16(28-4)11-9-15)30-18-7-5-6-17(23)19(18)25(22(20)27)13-12-24(2)3/h5-11,20-21H,12-13H2,1-4H3/t20-,21+/m1/s1. The highest BCUT2D eigenvalue weighted by Gasteiger charge is 2.41. The Labute approximate surface area is 186 Å². The van der Waals surface area contributed by atoms with E-state index < -0.39 is 17.3 Å². The van der Waals surface area contributed by atoms with Crippen LogP contribution in [-0.2, 0) is 14.3 Å². The van der Waals surface area contributed by atoms with Crippen molar-refractivity contribution in [3.8, 4) is 5.75 Å². The van der Waals surface area contributed by atoms with Gasteiger partial charge in [-0.3, -0.25) is 9.59 Å². The number of amides is 1. The zero-order chi connectivity index (χ0) is 21.8. The Morgan fingerprint density at radius 3 is 2.50 bits per heavy atom. The van der Waals surface area contributed by atoms with Crippen molar-refractivity contribution in [1.29, 1.82) is 0 Å². The first-order chi connectivity index (χ1) is 14.3. The Morgan fingerprint density at radius 1 is 1.20 bits per heavy atom. The summed E-state index contributed by atoms with van der Waals surface area (Å²) in [6.07, 6.45) is -0.980. The summed E-state index contributed by atoms with van der Waals surface area (Å²) in [5.41, 5.74) is 1.52. The van der Waals surface area contributed by atoms with Crippen molar-refractivity contribution in [2.24, 2.45) is 0 Å². The molecule has 3 rings (SSSR count). The number of hydrogen-bond acceptors (Lipinski definition) is 6. The number of ether oxygens (including phenoxy) is 2. The van der Waals surface area contributed by atoms with Crippen molar-refractivity contribution in [1.82, 2.24) is 4.90 Å². The Balaban J connectivity index is 2.11. The molecule has 0 unspecified atom stereocenters. The molecule has 0 aromatic heterocycles. The van der Waals surface area contributed by atoms with Crippen LogP contribution in [0.2, 0.25) is 5.02 Å². The summed E-state index contributed by atoms with van der Waals surface area (Å²) in [6.45, 7) is 2.38. The van der Waals surface area contributed by atoms with Crippen LogP contribution in [0.1, 0.15) is 17.7 Å². The fourth-order valence-electron chi connectivity index (χ4n) is 3.29. The second-order valence-corrected chi connectivity index (χ2v) is 8.81. The van der Waals surface area contributed by atoms with Gasteiger partial charge >= 0.3 is 5.97 Å². The summed E-state index contributed by atoms with van der Waals surface area (Å²) < 4.78 is 10.8. The van der Waals surface area contributed by atoms with E-state index in [0.29, 0.717) is 29.5 Å². The Hall–Kier alpha value is -2.22. The number of anilines is 1. The van der Waals surface area contributed by atoms with Gasteiger partial charge in [0.1, 0.15) is 5.75 Å². The molecule has 1 aliphatic rings.